The highest BCUT2D eigenvalue weighted by atomic mass is 35.5. The van der Waals surface area contributed by atoms with E-state index in [1.54, 1.807) is 6.07 Å². The van der Waals surface area contributed by atoms with Gasteiger partial charge in [-0.1, -0.05) is 11.6 Å². The molecular formula is C18H15ClO6. The zero-order valence-corrected chi connectivity index (χ0v) is 14.4. The van der Waals surface area contributed by atoms with Gasteiger partial charge < -0.3 is 18.9 Å². The lowest BCUT2D eigenvalue weighted by molar-refractivity contribution is 0.0728. The molecule has 0 radical (unpaired) electrons. The van der Waals surface area contributed by atoms with Gasteiger partial charge in [-0.2, -0.15) is 0 Å². The van der Waals surface area contributed by atoms with Gasteiger partial charge >= 0.3 is 5.97 Å². The third kappa shape index (κ3) is 3.53. The summed E-state index contributed by atoms with van der Waals surface area (Å²) in [5.41, 5.74) is 0.672. The van der Waals surface area contributed by atoms with Crippen molar-refractivity contribution in [2.45, 2.75) is 6.92 Å². The molecule has 2 aromatic carbocycles. The molecule has 25 heavy (non-hydrogen) atoms. The van der Waals surface area contributed by atoms with E-state index in [1.807, 2.05) is 0 Å². The summed E-state index contributed by atoms with van der Waals surface area (Å²) >= 11 is 6.13. The van der Waals surface area contributed by atoms with Crippen molar-refractivity contribution < 1.29 is 28.5 Å². The normalized spacial score (nSPS) is 12.4. The van der Waals surface area contributed by atoms with Crippen LogP contribution in [0.25, 0.3) is 0 Å². The van der Waals surface area contributed by atoms with Crippen molar-refractivity contribution in [2.75, 3.05) is 20.3 Å². The molecule has 6 nitrogen and oxygen atoms in total. The Bertz CT molecular complexity index is 846. The standard InChI is InChI=1S/C18H15ClO6/c1-10(20)11-3-4-14(15(8-11)22-2)25-18(21)12-7-13(19)17-16(9-12)23-5-6-24-17/h3-4,7-9H,5-6H2,1-2H3. The van der Waals surface area contributed by atoms with Gasteiger partial charge in [-0.15, -0.1) is 0 Å². The molecule has 0 spiro atoms. The Morgan fingerprint density at radius 2 is 1.80 bits per heavy atom. The second-order valence-electron chi connectivity index (χ2n) is 5.29. The molecule has 0 amide bonds. The summed E-state index contributed by atoms with van der Waals surface area (Å²) in [7, 11) is 1.43. The van der Waals surface area contributed by atoms with Gasteiger partial charge in [0, 0.05) is 5.56 Å². The van der Waals surface area contributed by atoms with Crippen LogP contribution in [-0.4, -0.2) is 32.1 Å². The fourth-order valence-electron chi connectivity index (χ4n) is 2.36. The third-order valence-electron chi connectivity index (χ3n) is 3.61. The van der Waals surface area contributed by atoms with Crippen molar-refractivity contribution >= 4 is 23.4 Å². The molecule has 1 aliphatic rings. The van der Waals surface area contributed by atoms with Crippen LogP contribution in [0.1, 0.15) is 27.6 Å². The van der Waals surface area contributed by atoms with E-state index < -0.39 is 5.97 Å². The van der Waals surface area contributed by atoms with Gasteiger partial charge in [-0.3, -0.25) is 4.79 Å². The average Bonchev–Trinajstić information content (AvgIpc) is 2.61. The smallest absolute Gasteiger partial charge is 0.343 e. The molecular weight excluding hydrogens is 348 g/mol. The highest BCUT2D eigenvalue weighted by Crippen LogP contribution is 2.39. The lowest BCUT2D eigenvalue weighted by atomic mass is 10.1. The maximum Gasteiger partial charge on any atom is 0.343 e. The van der Waals surface area contributed by atoms with Gasteiger partial charge in [-0.05, 0) is 37.3 Å². The summed E-state index contributed by atoms with van der Waals surface area (Å²) < 4.78 is 21.4. The third-order valence-corrected chi connectivity index (χ3v) is 3.89. The summed E-state index contributed by atoms with van der Waals surface area (Å²) in [5, 5.41) is 0.267. The second-order valence-corrected chi connectivity index (χ2v) is 5.70. The lowest BCUT2D eigenvalue weighted by Crippen LogP contribution is -2.17. The van der Waals surface area contributed by atoms with Crippen molar-refractivity contribution in [2.24, 2.45) is 0 Å². The molecule has 7 heteroatoms. The first-order valence-electron chi connectivity index (χ1n) is 7.50. The van der Waals surface area contributed by atoms with Crippen LogP contribution < -0.4 is 18.9 Å². The molecule has 1 aliphatic heterocycles. The topological polar surface area (TPSA) is 71.1 Å². The van der Waals surface area contributed by atoms with E-state index in [-0.39, 0.29) is 27.9 Å². The average molecular weight is 363 g/mol. The first kappa shape index (κ1) is 17.1. The van der Waals surface area contributed by atoms with E-state index in [2.05, 4.69) is 0 Å². The molecule has 0 saturated carbocycles. The molecule has 0 fully saturated rings. The number of esters is 1. The zero-order valence-electron chi connectivity index (χ0n) is 13.6. The number of ether oxygens (including phenoxy) is 4. The van der Waals surface area contributed by atoms with Crippen molar-refractivity contribution in [3.05, 3.63) is 46.5 Å². The first-order chi connectivity index (χ1) is 12.0. The van der Waals surface area contributed by atoms with E-state index in [0.29, 0.717) is 30.3 Å². The lowest BCUT2D eigenvalue weighted by Gasteiger charge is -2.20. The second kappa shape index (κ2) is 7.03. The summed E-state index contributed by atoms with van der Waals surface area (Å²) in [6.07, 6.45) is 0. The molecule has 3 rings (SSSR count). The van der Waals surface area contributed by atoms with E-state index in [1.165, 1.54) is 38.3 Å². The minimum atomic E-state index is -0.632. The number of rotatable bonds is 4. The Hall–Kier alpha value is -2.73. The number of benzene rings is 2. The molecule has 0 atom stereocenters. The molecule has 0 aromatic heterocycles. The fraction of sp³-hybridized carbons (Fsp3) is 0.222. The summed E-state index contributed by atoms with van der Waals surface area (Å²) in [5.74, 6) is 0.535. The van der Waals surface area contributed by atoms with Crippen molar-refractivity contribution in [1.29, 1.82) is 0 Å². The fourth-order valence-corrected chi connectivity index (χ4v) is 2.62. The number of halogens is 1. The number of hydrogen-bond acceptors (Lipinski definition) is 6. The molecule has 0 unspecified atom stereocenters. The van der Waals surface area contributed by atoms with E-state index >= 15 is 0 Å². The van der Waals surface area contributed by atoms with E-state index in [9.17, 15) is 9.59 Å². The minimum Gasteiger partial charge on any atom is -0.493 e. The summed E-state index contributed by atoms with van der Waals surface area (Å²) in [6.45, 7) is 2.22. The molecule has 130 valence electrons. The Balaban J connectivity index is 1.88. The summed E-state index contributed by atoms with van der Waals surface area (Å²) in [4.78, 5) is 23.9. The number of carbonyl (C=O) groups excluding carboxylic acids is 2. The number of carbonyl (C=O) groups is 2. The largest absolute Gasteiger partial charge is 0.493 e. The van der Waals surface area contributed by atoms with Gasteiger partial charge in [0.15, 0.2) is 28.8 Å². The first-order valence-corrected chi connectivity index (χ1v) is 7.87. The monoisotopic (exact) mass is 362 g/mol. The Kier molecular flexibility index (Phi) is 4.81. The SMILES string of the molecule is COc1cc(C(C)=O)ccc1OC(=O)c1cc(Cl)c2c(c1)OCCO2. The van der Waals surface area contributed by atoms with Gasteiger partial charge in [0.05, 0.1) is 17.7 Å². The zero-order chi connectivity index (χ0) is 18.0. The van der Waals surface area contributed by atoms with Crippen LogP contribution in [0, 0.1) is 0 Å². The van der Waals surface area contributed by atoms with E-state index in [0.717, 1.165) is 0 Å². The number of fused-ring (bicyclic) bond motifs is 1. The van der Waals surface area contributed by atoms with Gasteiger partial charge in [-0.25, -0.2) is 4.79 Å². The number of ketones is 1. The number of methoxy groups -OCH3 is 1. The van der Waals surface area contributed by atoms with Crippen LogP contribution in [0.3, 0.4) is 0 Å². The molecule has 1 heterocycles. The van der Waals surface area contributed by atoms with Crippen molar-refractivity contribution in [1.82, 2.24) is 0 Å². The predicted molar refractivity (Wildman–Crippen MR) is 90.4 cm³/mol. The maximum absolute atomic E-state index is 12.4. The van der Waals surface area contributed by atoms with Crippen molar-refractivity contribution in [3.63, 3.8) is 0 Å². The summed E-state index contributed by atoms with van der Waals surface area (Å²) in [6, 6.07) is 7.55. The molecule has 2 aromatic rings. The maximum atomic E-state index is 12.4. The van der Waals surface area contributed by atoms with Crippen LogP contribution in [0.15, 0.2) is 30.3 Å². The molecule has 0 bridgehead atoms. The quantitative estimate of drug-likeness (QED) is 0.470. The highest BCUT2D eigenvalue weighted by molar-refractivity contribution is 6.32. The van der Waals surface area contributed by atoms with Crippen LogP contribution >= 0.6 is 11.6 Å². The van der Waals surface area contributed by atoms with Gasteiger partial charge in [0.1, 0.15) is 13.2 Å². The van der Waals surface area contributed by atoms with Gasteiger partial charge in [0.2, 0.25) is 0 Å². The van der Waals surface area contributed by atoms with Crippen molar-refractivity contribution in [3.8, 4) is 23.0 Å². The van der Waals surface area contributed by atoms with Crippen LogP contribution in [0.4, 0.5) is 0 Å². The molecule has 0 N–H and O–H groups in total. The van der Waals surface area contributed by atoms with E-state index in [4.69, 9.17) is 30.5 Å². The van der Waals surface area contributed by atoms with Crippen LogP contribution in [0.2, 0.25) is 5.02 Å². The Labute approximate surface area is 149 Å². The molecule has 0 aliphatic carbocycles. The van der Waals surface area contributed by atoms with Crippen LogP contribution in [-0.2, 0) is 0 Å². The van der Waals surface area contributed by atoms with Crippen LogP contribution in [0.5, 0.6) is 23.0 Å². The number of Topliss-reactive ketones (excluding diaryl/α,β-unsaturated/α-hetero) is 1. The van der Waals surface area contributed by atoms with Gasteiger partial charge in [0.25, 0.3) is 0 Å². The Morgan fingerprint density at radius 3 is 2.52 bits per heavy atom. The minimum absolute atomic E-state index is 0.116. The number of hydrogen-bond donors (Lipinski definition) is 0. The predicted octanol–water partition coefficient (Wildman–Crippen LogP) is 3.54. The molecule has 0 saturated heterocycles. The Morgan fingerprint density at radius 1 is 1.04 bits per heavy atom. The highest BCUT2D eigenvalue weighted by Gasteiger charge is 2.21.